The molecular formula is C14H21BrClNO3S. The number of benzene rings is 1. The van der Waals surface area contributed by atoms with Gasteiger partial charge < -0.3 is 4.74 Å². The molecule has 1 aromatic carbocycles. The standard InChI is InChI=1S/C14H21BrClNO3S/c1-4-17(6-7-20-5-2)21(18,19)13-9-12(10-16)8-11(3)14(13)15/h8-9H,4-7,10H2,1-3H3. The average Bonchev–Trinajstić information content (AvgIpc) is 2.45. The molecule has 0 aliphatic heterocycles. The van der Waals surface area contributed by atoms with Crippen LogP contribution in [-0.4, -0.2) is 39.0 Å². The number of rotatable bonds is 8. The molecular weight excluding hydrogens is 378 g/mol. The van der Waals surface area contributed by atoms with Gasteiger partial charge in [0.15, 0.2) is 0 Å². The van der Waals surface area contributed by atoms with E-state index in [4.69, 9.17) is 16.3 Å². The van der Waals surface area contributed by atoms with E-state index in [0.29, 0.717) is 30.8 Å². The number of likely N-dealkylation sites (N-methyl/N-ethyl adjacent to an activating group) is 1. The maximum absolute atomic E-state index is 12.8. The average molecular weight is 399 g/mol. The van der Waals surface area contributed by atoms with E-state index < -0.39 is 10.0 Å². The van der Waals surface area contributed by atoms with Gasteiger partial charge in [0.25, 0.3) is 0 Å². The molecule has 1 rings (SSSR count). The Morgan fingerprint density at radius 1 is 1.33 bits per heavy atom. The van der Waals surface area contributed by atoms with Gasteiger partial charge in [0, 0.05) is 30.0 Å². The second-order valence-corrected chi connectivity index (χ2v) is 7.52. The largest absolute Gasteiger partial charge is 0.380 e. The van der Waals surface area contributed by atoms with E-state index in [1.807, 2.05) is 26.8 Å². The van der Waals surface area contributed by atoms with Gasteiger partial charge in [-0.2, -0.15) is 4.31 Å². The van der Waals surface area contributed by atoms with Gasteiger partial charge in [-0.15, -0.1) is 11.6 Å². The third kappa shape index (κ3) is 4.66. The highest BCUT2D eigenvalue weighted by Crippen LogP contribution is 2.30. The Bertz CT molecular complexity index is 578. The van der Waals surface area contributed by atoms with Crippen molar-refractivity contribution in [2.75, 3.05) is 26.3 Å². The van der Waals surface area contributed by atoms with E-state index >= 15 is 0 Å². The number of nitrogens with zero attached hydrogens (tertiary/aromatic N) is 1. The summed E-state index contributed by atoms with van der Waals surface area (Å²) in [4.78, 5) is 0.261. The lowest BCUT2D eigenvalue weighted by Crippen LogP contribution is -2.34. The molecule has 0 heterocycles. The van der Waals surface area contributed by atoms with Crippen LogP contribution in [0.2, 0.25) is 0 Å². The first-order chi connectivity index (χ1) is 9.88. The summed E-state index contributed by atoms with van der Waals surface area (Å²) < 4.78 is 32.9. The maximum atomic E-state index is 12.8. The number of hydrogen-bond donors (Lipinski definition) is 0. The highest BCUT2D eigenvalue weighted by Gasteiger charge is 2.26. The Morgan fingerprint density at radius 3 is 2.52 bits per heavy atom. The van der Waals surface area contributed by atoms with Crippen LogP contribution in [0.15, 0.2) is 21.5 Å². The molecule has 0 amide bonds. The van der Waals surface area contributed by atoms with Crippen molar-refractivity contribution in [3.05, 3.63) is 27.7 Å². The highest BCUT2D eigenvalue weighted by atomic mass is 79.9. The van der Waals surface area contributed by atoms with Gasteiger partial charge in [-0.05, 0) is 47.0 Å². The van der Waals surface area contributed by atoms with E-state index in [-0.39, 0.29) is 10.8 Å². The van der Waals surface area contributed by atoms with Gasteiger partial charge in [-0.3, -0.25) is 0 Å². The van der Waals surface area contributed by atoms with E-state index in [2.05, 4.69) is 15.9 Å². The first kappa shape index (κ1) is 18.9. The zero-order valence-electron chi connectivity index (χ0n) is 12.5. The van der Waals surface area contributed by atoms with Crippen molar-refractivity contribution in [3.63, 3.8) is 0 Å². The molecule has 4 nitrogen and oxygen atoms in total. The fraction of sp³-hybridized carbons (Fsp3) is 0.571. The Kier molecular flexibility index (Phi) is 7.64. The van der Waals surface area contributed by atoms with Crippen LogP contribution in [0.25, 0.3) is 0 Å². The third-order valence-corrected chi connectivity index (χ3v) is 6.72. The molecule has 0 spiro atoms. The molecule has 0 bridgehead atoms. The molecule has 0 radical (unpaired) electrons. The molecule has 0 aliphatic carbocycles. The fourth-order valence-electron chi connectivity index (χ4n) is 1.97. The smallest absolute Gasteiger partial charge is 0.244 e. The summed E-state index contributed by atoms with van der Waals surface area (Å²) in [5.74, 6) is 0.279. The lowest BCUT2D eigenvalue weighted by atomic mass is 10.2. The molecule has 0 aromatic heterocycles. The van der Waals surface area contributed by atoms with Crippen LogP contribution in [0.4, 0.5) is 0 Å². The quantitative estimate of drug-likeness (QED) is 0.497. The Balaban J connectivity index is 3.19. The van der Waals surface area contributed by atoms with Crippen molar-refractivity contribution in [2.45, 2.75) is 31.5 Å². The molecule has 21 heavy (non-hydrogen) atoms. The predicted molar refractivity (Wildman–Crippen MR) is 89.4 cm³/mol. The lowest BCUT2D eigenvalue weighted by Gasteiger charge is -2.22. The van der Waals surface area contributed by atoms with Crippen LogP contribution >= 0.6 is 27.5 Å². The minimum atomic E-state index is -3.57. The van der Waals surface area contributed by atoms with Crippen molar-refractivity contribution in [3.8, 4) is 0 Å². The number of ether oxygens (including phenoxy) is 1. The first-order valence-corrected chi connectivity index (χ1v) is 9.58. The maximum Gasteiger partial charge on any atom is 0.244 e. The van der Waals surface area contributed by atoms with Gasteiger partial charge in [-0.25, -0.2) is 8.42 Å². The number of hydrogen-bond acceptors (Lipinski definition) is 3. The summed E-state index contributed by atoms with van der Waals surface area (Å²) in [6, 6.07) is 3.51. The summed E-state index contributed by atoms with van der Waals surface area (Å²) in [5.41, 5.74) is 1.64. The minimum Gasteiger partial charge on any atom is -0.380 e. The van der Waals surface area contributed by atoms with Crippen LogP contribution < -0.4 is 0 Å². The molecule has 7 heteroatoms. The summed E-state index contributed by atoms with van der Waals surface area (Å²) in [6.45, 7) is 7.24. The first-order valence-electron chi connectivity index (χ1n) is 6.81. The zero-order chi connectivity index (χ0) is 16.0. The van der Waals surface area contributed by atoms with Crippen molar-refractivity contribution >= 4 is 37.6 Å². The van der Waals surface area contributed by atoms with Gasteiger partial charge in [0.2, 0.25) is 10.0 Å². The van der Waals surface area contributed by atoms with Gasteiger partial charge in [0.05, 0.1) is 11.5 Å². The van der Waals surface area contributed by atoms with Gasteiger partial charge >= 0.3 is 0 Å². The molecule has 0 fully saturated rings. The van der Waals surface area contributed by atoms with E-state index in [1.54, 1.807) is 6.07 Å². The molecule has 1 aromatic rings. The Hall–Kier alpha value is -0.140. The lowest BCUT2D eigenvalue weighted by molar-refractivity contribution is 0.135. The monoisotopic (exact) mass is 397 g/mol. The summed E-state index contributed by atoms with van der Waals surface area (Å²) in [6.07, 6.45) is 0. The second-order valence-electron chi connectivity index (χ2n) is 4.55. The molecule has 0 aliphatic rings. The molecule has 0 atom stereocenters. The van der Waals surface area contributed by atoms with Crippen molar-refractivity contribution in [1.29, 1.82) is 0 Å². The predicted octanol–water partition coefficient (Wildman–Crippen LogP) is 3.54. The molecule has 0 saturated carbocycles. The van der Waals surface area contributed by atoms with Crippen LogP contribution in [0, 0.1) is 6.92 Å². The number of sulfonamides is 1. The number of aryl methyl sites for hydroxylation is 1. The van der Waals surface area contributed by atoms with E-state index in [0.717, 1.165) is 11.1 Å². The summed E-state index contributed by atoms with van der Waals surface area (Å²) in [7, 11) is -3.57. The van der Waals surface area contributed by atoms with Gasteiger partial charge in [-0.1, -0.05) is 13.0 Å². The molecule has 120 valence electrons. The zero-order valence-corrected chi connectivity index (χ0v) is 15.7. The third-order valence-electron chi connectivity index (χ3n) is 3.09. The van der Waals surface area contributed by atoms with Crippen LogP contribution in [0.1, 0.15) is 25.0 Å². The Labute approximate surface area is 140 Å². The van der Waals surface area contributed by atoms with E-state index in [1.165, 1.54) is 4.31 Å². The molecule has 0 N–H and O–H groups in total. The minimum absolute atomic E-state index is 0.261. The molecule has 0 unspecified atom stereocenters. The summed E-state index contributed by atoms with van der Waals surface area (Å²) in [5, 5.41) is 0. The van der Waals surface area contributed by atoms with Crippen molar-refractivity contribution in [1.82, 2.24) is 4.31 Å². The van der Waals surface area contributed by atoms with Crippen molar-refractivity contribution < 1.29 is 13.2 Å². The van der Waals surface area contributed by atoms with Gasteiger partial charge in [0.1, 0.15) is 0 Å². The van der Waals surface area contributed by atoms with E-state index in [9.17, 15) is 8.42 Å². The van der Waals surface area contributed by atoms with Crippen LogP contribution in [-0.2, 0) is 20.6 Å². The normalized spacial score (nSPS) is 12.1. The Morgan fingerprint density at radius 2 is 2.00 bits per heavy atom. The number of alkyl halides is 1. The van der Waals surface area contributed by atoms with Crippen LogP contribution in [0.3, 0.4) is 0 Å². The highest BCUT2D eigenvalue weighted by molar-refractivity contribution is 9.10. The second kappa shape index (κ2) is 8.48. The fourth-order valence-corrected chi connectivity index (χ4v) is 4.59. The van der Waals surface area contributed by atoms with Crippen molar-refractivity contribution in [2.24, 2.45) is 0 Å². The SMILES string of the molecule is CCOCCN(CC)S(=O)(=O)c1cc(CCl)cc(C)c1Br. The summed E-state index contributed by atoms with van der Waals surface area (Å²) >= 11 is 9.22. The van der Waals surface area contributed by atoms with Crippen LogP contribution in [0.5, 0.6) is 0 Å². The molecule has 0 saturated heterocycles. The topological polar surface area (TPSA) is 46.6 Å². The number of halogens is 2.